The summed E-state index contributed by atoms with van der Waals surface area (Å²) < 4.78 is 0. The number of aromatic nitrogens is 1. The standard InChI is InChI=1S/C12H16N4O3/c1-2-12(19)6-16(7-12)11(18)15-9-5-3-4-8(14-9)10(13)17/h3-5,19H,2,6-7H2,1H3,(H2,13,17)(H,14,15,18). The Balaban J connectivity index is 1.97. The van der Waals surface area contributed by atoms with Crippen LogP contribution in [0.1, 0.15) is 23.8 Å². The summed E-state index contributed by atoms with van der Waals surface area (Å²) in [6, 6.07) is 4.27. The van der Waals surface area contributed by atoms with Crippen molar-refractivity contribution in [2.45, 2.75) is 18.9 Å². The number of hydrogen-bond acceptors (Lipinski definition) is 4. The molecule has 0 aromatic carbocycles. The van der Waals surface area contributed by atoms with Crippen molar-refractivity contribution < 1.29 is 14.7 Å². The van der Waals surface area contributed by atoms with Crippen LogP contribution in [0.4, 0.5) is 10.6 Å². The van der Waals surface area contributed by atoms with Gasteiger partial charge in [-0.05, 0) is 18.6 Å². The van der Waals surface area contributed by atoms with E-state index in [2.05, 4.69) is 10.3 Å². The topological polar surface area (TPSA) is 109 Å². The Morgan fingerprint density at radius 3 is 2.79 bits per heavy atom. The lowest BCUT2D eigenvalue weighted by molar-refractivity contribution is -0.0755. The Kier molecular flexibility index (Phi) is 3.39. The number of likely N-dealkylation sites (tertiary alicyclic amines) is 1. The molecule has 19 heavy (non-hydrogen) atoms. The number of urea groups is 1. The van der Waals surface area contributed by atoms with Crippen LogP contribution in [0.5, 0.6) is 0 Å². The zero-order chi connectivity index (χ0) is 14.0. The molecule has 0 spiro atoms. The van der Waals surface area contributed by atoms with Crippen molar-refractivity contribution in [3.05, 3.63) is 23.9 Å². The van der Waals surface area contributed by atoms with E-state index >= 15 is 0 Å². The lowest BCUT2D eigenvalue weighted by atomic mass is 9.92. The Hall–Kier alpha value is -2.15. The fourth-order valence-electron chi connectivity index (χ4n) is 1.86. The second kappa shape index (κ2) is 4.85. The summed E-state index contributed by atoms with van der Waals surface area (Å²) in [4.78, 5) is 28.2. The van der Waals surface area contributed by atoms with Crippen LogP contribution in [0.25, 0.3) is 0 Å². The van der Waals surface area contributed by atoms with E-state index in [-0.39, 0.29) is 17.5 Å². The minimum absolute atomic E-state index is 0.0893. The average Bonchev–Trinajstić information content (AvgIpc) is 2.35. The molecule has 1 aromatic heterocycles. The molecule has 1 aromatic rings. The van der Waals surface area contributed by atoms with Gasteiger partial charge in [0.2, 0.25) is 0 Å². The maximum Gasteiger partial charge on any atom is 0.323 e. The summed E-state index contributed by atoms with van der Waals surface area (Å²) in [5.74, 6) is -0.395. The normalized spacial score (nSPS) is 16.6. The number of carbonyl (C=O) groups excluding carboxylic acids is 2. The van der Waals surface area contributed by atoms with Gasteiger partial charge in [0.05, 0.1) is 18.7 Å². The van der Waals surface area contributed by atoms with E-state index in [1.807, 2.05) is 6.92 Å². The van der Waals surface area contributed by atoms with E-state index in [9.17, 15) is 14.7 Å². The first-order chi connectivity index (χ1) is 8.93. The summed E-state index contributed by atoms with van der Waals surface area (Å²) >= 11 is 0. The lowest BCUT2D eigenvalue weighted by Gasteiger charge is -2.45. The van der Waals surface area contributed by atoms with Gasteiger partial charge in [-0.3, -0.25) is 10.1 Å². The average molecular weight is 264 g/mol. The van der Waals surface area contributed by atoms with Gasteiger partial charge in [0.1, 0.15) is 11.5 Å². The highest BCUT2D eigenvalue weighted by atomic mass is 16.3. The van der Waals surface area contributed by atoms with Crippen LogP contribution in [0.3, 0.4) is 0 Å². The largest absolute Gasteiger partial charge is 0.386 e. The molecule has 0 unspecified atom stereocenters. The number of carbonyl (C=O) groups is 2. The molecule has 4 N–H and O–H groups in total. The quantitative estimate of drug-likeness (QED) is 0.723. The third-order valence-corrected chi connectivity index (χ3v) is 3.15. The molecule has 0 aliphatic carbocycles. The predicted molar refractivity (Wildman–Crippen MR) is 68.6 cm³/mol. The number of β-amino-alcohol motifs (C(OH)–C–C–N with tert-alkyl or cyclic N) is 1. The van der Waals surface area contributed by atoms with Crippen molar-refractivity contribution in [1.29, 1.82) is 0 Å². The zero-order valence-corrected chi connectivity index (χ0v) is 10.6. The molecule has 1 aliphatic rings. The van der Waals surface area contributed by atoms with Gasteiger partial charge in [0.25, 0.3) is 5.91 Å². The number of rotatable bonds is 3. The molecule has 0 radical (unpaired) electrons. The summed E-state index contributed by atoms with van der Waals surface area (Å²) in [7, 11) is 0. The van der Waals surface area contributed by atoms with Crippen LogP contribution in [0, 0.1) is 0 Å². The smallest absolute Gasteiger partial charge is 0.323 e. The maximum atomic E-state index is 11.8. The van der Waals surface area contributed by atoms with Gasteiger partial charge in [0, 0.05) is 0 Å². The highest BCUT2D eigenvalue weighted by Crippen LogP contribution is 2.24. The second-order valence-electron chi connectivity index (χ2n) is 4.64. The van der Waals surface area contributed by atoms with Crippen molar-refractivity contribution in [2.24, 2.45) is 5.73 Å². The summed E-state index contributed by atoms with van der Waals surface area (Å²) in [5, 5.41) is 12.4. The van der Waals surface area contributed by atoms with Crippen LogP contribution in [0.2, 0.25) is 0 Å². The Labute approximate surface area is 110 Å². The molecule has 7 nitrogen and oxygen atoms in total. The van der Waals surface area contributed by atoms with Crippen LogP contribution < -0.4 is 11.1 Å². The van der Waals surface area contributed by atoms with Gasteiger partial charge < -0.3 is 15.7 Å². The molecular formula is C12H16N4O3. The van der Waals surface area contributed by atoms with Crippen molar-refractivity contribution in [1.82, 2.24) is 9.88 Å². The molecule has 7 heteroatoms. The number of nitrogens with one attached hydrogen (secondary N) is 1. The molecule has 2 rings (SSSR count). The molecule has 3 amide bonds. The minimum Gasteiger partial charge on any atom is -0.386 e. The van der Waals surface area contributed by atoms with Gasteiger partial charge >= 0.3 is 6.03 Å². The van der Waals surface area contributed by atoms with E-state index in [1.54, 1.807) is 12.1 Å². The number of nitrogens with two attached hydrogens (primary N) is 1. The minimum atomic E-state index is -0.778. The SMILES string of the molecule is CCC1(O)CN(C(=O)Nc2cccc(C(N)=O)n2)C1. The van der Waals surface area contributed by atoms with Gasteiger partial charge in [0.15, 0.2) is 0 Å². The van der Waals surface area contributed by atoms with Crippen LogP contribution >= 0.6 is 0 Å². The van der Waals surface area contributed by atoms with E-state index in [4.69, 9.17) is 5.73 Å². The molecular weight excluding hydrogens is 248 g/mol. The highest BCUT2D eigenvalue weighted by molar-refractivity contribution is 5.93. The molecule has 0 bridgehead atoms. The predicted octanol–water partition coefficient (Wildman–Crippen LogP) is 0.169. The molecule has 0 atom stereocenters. The van der Waals surface area contributed by atoms with E-state index < -0.39 is 11.5 Å². The van der Waals surface area contributed by atoms with Gasteiger partial charge in [-0.2, -0.15) is 0 Å². The zero-order valence-electron chi connectivity index (χ0n) is 10.6. The maximum absolute atomic E-state index is 11.8. The molecule has 1 saturated heterocycles. The Bertz CT molecular complexity index is 511. The Morgan fingerprint density at radius 1 is 1.53 bits per heavy atom. The second-order valence-corrected chi connectivity index (χ2v) is 4.64. The molecule has 2 heterocycles. The first-order valence-corrected chi connectivity index (χ1v) is 5.99. The lowest BCUT2D eigenvalue weighted by Crippen LogP contribution is -2.64. The van der Waals surface area contributed by atoms with Gasteiger partial charge in [-0.25, -0.2) is 9.78 Å². The highest BCUT2D eigenvalue weighted by Gasteiger charge is 2.42. The first kappa shape index (κ1) is 13.3. The number of aliphatic hydroxyl groups is 1. The fourth-order valence-corrected chi connectivity index (χ4v) is 1.86. The summed E-state index contributed by atoms with van der Waals surface area (Å²) in [6.07, 6.45) is 0.603. The Morgan fingerprint density at radius 2 is 2.21 bits per heavy atom. The molecule has 102 valence electrons. The third kappa shape index (κ3) is 2.82. The number of amides is 3. The van der Waals surface area contributed by atoms with Crippen molar-refractivity contribution in [2.75, 3.05) is 18.4 Å². The van der Waals surface area contributed by atoms with Crippen molar-refractivity contribution in [3.63, 3.8) is 0 Å². The van der Waals surface area contributed by atoms with Gasteiger partial charge in [-0.15, -0.1) is 0 Å². The first-order valence-electron chi connectivity index (χ1n) is 5.99. The number of hydrogen-bond donors (Lipinski definition) is 3. The number of anilines is 1. The summed E-state index contributed by atoms with van der Waals surface area (Å²) in [6.45, 7) is 2.46. The molecule has 1 fully saturated rings. The van der Waals surface area contributed by atoms with Crippen LogP contribution in [0.15, 0.2) is 18.2 Å². The number of primary amides is 1. The van der Waals surface area contributed by atoms with Gasteiger partial charge in [-0.1, -0.05) is 13.0 Å². The fraction of sp³-hybridized carbons (Fsp3) is 0.417. The van der Waals surface area contributed by atoms with E-state index in [0.717, 1.165) is 0 Å². The third-order valence-electron chi connectivity index (χ3n) is 3.15. The van der Waals surface area contributed by atoms with E-state index in [1.165, 1.54) is 11.0 Å². The number of pyridine rings is 1. The van der Waals surface area contributed by atoms with Crippen LogP contribution in [-0.4, -0.2) is 45.6 Å². The molecule has 1 aliphatic heterocycles. The van der Waals surface area contributed by atoms with Crippen molar-refractivity contribution in [3.8, 4) is 0 Å². The van der Waals surface area contributed by atoms with Crippen molar-refractivity contribution >= 4 is 17.8 Å². The number of nitrogens with zero attached hydrogens (tertiary/aromatic N) is 2. The van der Waals surface area contributed by atoms with E-state index in [0.29, 0.717) is 19.5 Å². The monoisotopic (exact) mass is 264 g/mol. The molecule has 0 saturated carbocycles. The summed E-state index contributed by atoms with van der Waals surface area (Å²) in [5.41, 5.74) is 4.42. The van der Waals surface area contributed by atoms with Crippen LogP contribution in [-0.2, 0) is 0 Å².